The normalized spacial score (nSPS) is 12.5. The summed E-state index contributed by atoms with van der Waals surface area (Å²) in [6.07, 6.45) is 2.74. The van der Waals surface area contributed by atoms with Gasteiger partial charge in [0.15, 0.2) is 0 Å². The molecule has 0 aromatic carbocycles. The van der Waals surface area contributed by atoms with Gasteiger partial charge in [0, 0.05) is 18.8 Å². The lowest BCUT2D eigenvalue weighted by Crippen LogP contribution is -2.19. The third-order valence-electron chi connectivity index (χ3n) is 1.57. The molecule has 0 aliphatic carbocycles. The maximum absolute atomic E-state index is 5.60. The number of nitrogens with zero attached hydrogens (tertiary/aromatic N) is 1. The highest BCUT2D eigenvalue weighted by Crippen LogP contribution is 1.99. The Kier molecular flexibility index (Phi) is 3.54. The van der Waals surface area contributed by atoms with Gasteiger partial charge in [-0.05, 0) is 25.5 Å². The molecule has 0 saturated heterocycles. The Hall–Kier alpha value is -1.09. The van der Waals surface area contributed by atoms with Crippen LogP contribution in [0.15, 0.2) is 24.4 Å². The highest BCUT2D eigenvalue weighted by atomic mass is 15.0. The maximum Gasteiger partial charge on any atom is 0.125 e. The van der Waals surface area contributed by atoms with Crippen molar-refractivity contribution < 1.29 is 0 Å². The van der Waals surface area contributed by atoms with Crippen molar-refractivity contribution in [1.29, 1.82) is 0 Å². The minimum atomic E-state index is 0.251. The summed E-state index contributed by atoms with van der Waals surface area (Å²) in [7, 11) is 0. The van der Waals surface area contributed by atoms with Crippen molar-refractivity contribution in [2.45, 2.75) is 19.4 Å². The Morgan fingerprint density at radius 1 is 1.58 bits per heavy atom. The largest absolute Gasteiger partial charge is 0.370 e. The smallest absolute Gasteiger partial charge is 0.125 e. The molecule has 1 unspecified atom stereocenters. The molecule has 0 fully saturated rings. The van der Waals surface area contributed by atoms with E-state index in [1.807, 2.05) is 25.1 Å². The van der Waals surface area contributed by atoms with Crippen LogP contribution in [-0.2, 0) is 0 Å². The van der Waals surface area contributed by atoms with Gasteiger partial charge in [0.05, 0.1) is 0 Å². The first kappa shape index (κ1) is 9.00. The number of hydrogen-bond acceptors (Lipinski definition) is 3. The minimum absolute atomic E-state index is 0.251. The van der Waals surface area contributed by atoms with E-state index in [9.17, 15) is 0 Å². The van der Waals surface area contributed by atoms with E-state index in [1.165, 1.54) is 0 Å². The van der Waals surface area contributed by atoms with Gasteiger partial charge in [-0.2, -0.15) is 0 Å². The Labute approximate surface area is 73.0 Å². The standard InChI is InChI=1S/C9H15N3/c1-8(10)5-7-12-9-4-2-3-6-11-9/h2-4,6,8H,5,7,10H2,1H3,(H,11,12). The number of aromatic nitrogens is 1. The molecule has 1 aromatic rings. The van der Waals surface area contributed by atoms with E-state index in [2.05, 4.69) is 10.3 Å². The second-order valence-corrected chi connectivity index (χ2v) is 2.91. The van der Waals surface area contributed by atoms with E-state index in [0.29, 0.717) is 0 Å². The molecule has 0 radical (unpaired) electrons. The van der Waals surface area contributed by atoms with Crippen LogP contribution in [0.2, 0.25) is 0 Å². The average Bonchev–Trinajstić information content (AvgIpc) is 2.05. The van der Waals surface area contributed by atoms with Gasteiger partial charge >= 0.3 is 0 Å². The summed E-state index contributed by atoms with van der Waals surface area (Å²) in [6.45, 7) is 2.88. The van der Waals surface area contributed by atoms with Crippen LogP contribution in [0.3, 0.4) is 0 Å². The molecular weight excluding hydrogens is 150 g/mol. The van der Waals surface area contributed by atoms with Gasteiger partial charge in [0.1, 0.15) is 5.82 Å². The Bertz CT molecular complexity index is 208. The van der Waals surface area contributed by atoms with E-state index in [4.69, 9.17) is 5.73 Å². The molecule has 12 heavy (non-hydrogen) atoms. The first-order chi connectivity index (χ1) is 5.79. The van der Waals surface area contributed by atoms with Gasteiger partial charge in [0.2, 0.25) is 0 Å². The zero-order valence-corrected chi connectivity index (χ0v) is 7.33. The molecule has 3 N–H and O–H groups in total. The van der Waals surface area contributed by atoms with Crippen LogP contribution in [-0.4, -0.2) is 17.6 Å². The van der Waals surface area contributed by atoms with Crippen LogP contribution in [0.25, 0.3) is 0 Å². The SMILES string of the molecule is CC(N)CCNc1ccccn1. The molecule has 0 saturated carbocycles. The fourth-order valence-corrected chi connectivity index (χ4v) is 0.895. The Morgan fingerprint density at radius 2 is 2.42 bits per heavy atom. The molecule has 3 nitrogen and oxygen atoms in total. The van der Waals surface area contributed by atoms with Crippen LogP contribution in [0.4, 0.5) is 5.82 Å². The lowest BCUT2D eigenvalue weighted by Gasteiger charge is -2.06. The molecule has 1 aromatic heterocycles. The first-order valence-corrected chi connectivity index (χ1v) is 4.19. The van der Waals surface area contributed by atoms with Gasteiger partial charge in [-0.25, -0.2) is 4.98 Å². The van der Waals surface area contributed by atoms with Crippen molar-refractivity contribution in [1.82, 2.24) is 4.98 Å². The molecule has 0 aliphatic heterocycles. The van der Waals surface area contributed by atoms with Crippen LogP contribution in [0.1, 0.15) is 13.3 Å². The molecule has 3 heteroatoms. The number of hydrogen-bond donors (Lipinski definition) is 2. The lowest BCUT2D eigenvalue weighted by molar-refractivity contribution is 0.689. The third-order valence-corrected chi connectivity index (χ3v) is 1.57. The predicted octanol–water partition coefficient (Wildman–Crippen LogP) is 1.23. The van der Waals surface area contributed by atoms with Crippen molar-refractivity contribution in [2.24, 2.45) is 5.73 Å². The van der Waals surface area contributed by atoms with Crippen LogP contribution >= 0.6 is 0 Å². The number of nitrogens with one attached hydrogen (secondary N) is 1. The van der Waals surface area contributed by atoms with E-state index >= 15 is 0 Å². The molecule has 66 valence electrons. The van der Waals surface area contributed by atoms with Crippen molar-refractivity contribution in [3.8, 4) is 0 Å². The summed E-state index contributed by atoms with van der Waals surface area (Å²) in [5.41, 5.74) is 5.60. The van der Waals surface area contributed by atoms with Gasteiger partial charge in [0.25, 0.3) is 0 Å². The van der Waals surface area contributed by atoms with Crippen molar-refractivity contribution in [3.05, 3.63) is 24.4 Å². The monoisotopic (exact) mass is 165 g/mol. The third kappa shape index (κ3) is 3.34. The van der Waals surface area contributed by atoms with E-state index in [-0.39, 0.29) is 6.04 Å². The van der Waals surface area contributed by atoms with Crippen molar-refractivity contribution >= 4 is 5.82 Å². The zero-order chi connectivity index (χ0) is 8.81. The second kappa shape index (κ2) is 4.72. The molecule has 0 amide bonds. The summed E-state index contributed by atoms with van der Waals surface area (Å²) < 4.78 is 0. The molecule has 0 bridgehead atoms. The Balaban J connectivity index is 2.25. The molecule has 1 rings (SSSR count). The molecular formula is C9H15N3. The predicted molar refractivity (Wildman–Crippen MR) is 51.0 cm³/mol. The minimum Gasteiger partial charge on any atom is -0.370 e. The summed E-state index contributed by atoms with van der Waals surface area (Å²) in [6, 6.07) is 6.06. The second-order valence-electron chi connectivity index (χ2n) is 2.91. The summed E-state index contributed by atoms with van der Waals surface area (Å²) in [4.78, 5) is 4.12. The van der Waals surface area contributed by atoms with Crippen molar-refractivity contribution in [3.63, 3.8) is 0 Å². The fourth-order valence-electron chi connectivity index (χ4n) is 0.895. The number of nitrogens with two attached hydrogens (primary N) is 1. The topological polar surface area (TPSA) is 50.9 Å². The van der Waals surface area contributed by atoms with Gasteiger partial charge in [-0.15, -0.1) is 0 Å². The molecule has 0 spiro atoms. The van der Waals surface area contributed by atoms with Gasteiger partial charge in [-0.3, -0.25) is 0 Å². The number of anilines is 1. The molecule has 1 atom stereocenters. The molecule has 0 aliphatic rings. The van der Waals surface area contributed by atoms with Crippen LogP contribution < -0.4 is 11.1 Å². The average molecular weight is 165 g/mol. The summed E-state index contributed by atoms with van der Waals surface area (Å²) >= 11 is 0. The lowest BCUT2D eigenvalue weighted by atomic mass is 10.2. The van der Waals surface area contributed by atoms with E-state index in [0.717, 1.165) is 18.8 Å². The number of pyridine rings is 1. The number of rotatable bonds is 4. The highest BCUT2D eigenvalue weighted by Gasteiger charge is 1.93. The van der Waals surface area contributed by atoms with Crippen LogP contribution in [0.5, 0.6) is 0 Å². The summed E-state index contributed by atoms with van der Waals surface area (Å²) in [5, 5.41) is 3.18. The van der Waals surface area contributed by atoms with Crippen molar-refractivity contribution in [2.75, 3.05) is 11.9 Å². The van der Waals surface area contributed by atoms with Gasteiger partial charge in [-0.1, -0.05) is 6.07 Å². The zero-order valence-electron chi connectivity index (χ0n) is 7.33. The van der Waals surface area contributed by atoms with E-state index in [1.54, 1.807) is 6.20 Å². The van der Waals surface area contributed by atoms with Gasteiger partial charge < -0.3 is 11.1 Å². The maximum atomic E-state index is 5.60. The van der Waals surface area contributed by atoms with E-state index < -0.39 is 0 Å². The highest BCUT2D eigenvalue weighted by molar-refractivity contribution is 5.32. The van der Waals surface area contributed by atoms with Crippen LogP contribution in [0, 0.1) is 0 Å². The quantitative estimate of drug-likeness (QED) is 0.705. The first-order valence-electron chi connectivity index (χ1n) is 4.19. The summed E-state index contributed by atoms with van der Waals surface area (Å²) in [5.74, 6) is 0.915. The fraction of sp³-hybridized carbons (Fsp3) is 0.444. The Morgan fingerprint density at radius 3 is 3.00 bits per heavy atom. The molecule has 1 heterocycles.